The predicted octanol–water partition coefficient (Wildman–Crippen LogP) is 4.58. The lowest BCUT2D eigenvalue weighted by molar-refractivity contribution is -0.125. The van der Waals surface area contributed by atoms with Gasteiger partial charge in [-0.2, -0.15) is 0 Å². The van der Waals surface area contributed by atoms with Crippen LogP contribution in [-0.4, -0.2) is 37.8 Å². The smallest absolute Gasteiger partial charge is 0.227 e. The summed E-state index contributed by atoms with van der Waals surface area (Å²) in [6, 6.07) is 13.4. The maximum absolute atomic E-state index is 12.7. The van der Waals surface area contributed by atoms with E-state index in [9.17, 15) is 9.59 Å². The van der Waals surface area contributed by atoms with Gasteiger partial charge in [-0.25, -0.2) is 0 Å². The molecule has 1 unspecified atom stereocenters. The zero-order valence-corrected chi connectivity index (χ0v) is 19.2. The lowest BCUT2D eigenvalue weighted by Crippen LogP contribution is -2.36. The summed E-state index contributed by atoms with van der Waals surface area (Å²) in [4.78, 5) is 28.1. The highest BCUT2D eigenvalue weighted by Crippen LogP contribution is 2.34. The molecule has 2 aromatic rings. The molecular formula is C24H30N2O4S. The fourth-order valence-corrected chi connectivity index (χ4v) is 4.46. The highest BCUT2D eigenvalue weighted by atomic mass is 32.2. The number of nitrogens with zero attached hydrogens (tertiary/aromatic N) is 1. The average Bonchev–Trinajstić information content (AvgIpc) is 2.80. The molecule has 2 amide bonds. The first-order chi connectivity index (χ1) is 15.0. The molecule has 6 nitrogen and oxygen atoms in total. The molecule has 2 aromatic carbocycles. The van der Waals surface area contributed by atoms with Crippen LogP contribution in [0.5, 0.6) is 11.5 Å². The van der Waals surface area contributed by atoms with Crippen LogP contribution in [0.2, 0.25) is 0 Å². The predicted molar refractivity (Wildman–Crippen MR) is 124 cm³/mol. The first kappa shape index (κ1) is 23.0. The highest BCUT2D eigenvalue weighted by Gasteiger charge is 2.23. The van der Waals surface area contributed by atoms with Gasteiger partial charge < -0.3 is 19.7 Å². The summed E-state index contributed by atoms with van der Waals surface area (Å²) in [5.41, 5.74) is 1.86. The topological polar surface area (TPSA) is 67.9 Å². The highest BCUT2D eigenvalue weighted by molar-refractivity contribution is 7.99. The number of ether oxygens (including phenoxy) is 2. The number of hydrogen-bond acceptors (Lipinski definition) is 5. The van der Waals surface area contributed by atoms with Crippen LogP contribution in [0.4, 0.5) is 5.69 Å². The van der Waals surface area contributed by atoms with Crippen molar-refractivity contribution in [1.82, 2.24) is 5.32 Å². The Morgan fingerprint density at radius 2 is 1.97 bits per heavy atom. The van der Waals surface area contributed by atoms with Crippen molar-refractivity contribution in [3.8, 4) is 11.5 Å². The van der Waals surface area contributed by atoms with E-state index in [4.69, 9.17) is 9.47 Å². The van der Waals surface area contributed by atoms with Gasteiger partial charge in [0.2, 0.25) is 11.8 Å². The van der Waals surface area contributed by atoms with E-state index in [1.54, 1.807) is 23.8 Å². The van der Waals surface area contributed by atoms with Gasteiger partial charge in [0.25, 0.3) is 0 Å². The zero-order valence-electron chi connectivity index (χ0n) is 18.3. The molecule has 31 heavy (non-hydrogen) atoms. The Kier molecular flexibility index (Phi) is 8.23. The quantitative estimate of drug-likeness (QED) is 0.616. The SMILES string of the molecule is CCCOc1ccc(C(C)NC(=O)CCC(=O)N2CCSc3ccccc32)cc1OC. The summed E-state index contributed by atoms with van der Waals surface area (Å²) < 4.78 is 11.1. The number of para-hydroxylation sites is 1. The third-order valence-corrected chi connectivity index (χ3v) is 6.17. The van der Waals surface area contributed by atoms with Crippen molar-refractivity contribution >= 4 is 29.3 Å². The average molecular weight is 443 g/mol. The summed E-state index contributed by atoms with van der Waals surface area (Å²) in [5, 5.41) is 2.98. The minimum atomic E-state index is -0.205. The molecule has 0 fully saturated rings. The van der Waals surface area contributed by atoms with Gasteiger partial charge >= 0.3 is 0 Å². The van der Waals surface area contributed by atoms with Gasteiger partial charge in [0.1, 0.15) is 0 Å². The first-order valence-corrected chi connectivity index (χ1v) is 11.6. The second kappa shape index (κ2) is 11.1. The van der Waals surface area contributed by atoms with Gasteiger partial charge in [0.05, 0.1) is 25.4 Å². The summed E-state index contributed by atoms with van der Waals surface area (Å²) in [6.45, 7) is 5.26. The van der Waals surface area contributed by atoms with Gasteiger partial charge in [0, 0.05) is 30.0 Å². The molecule has 1 aliphatic rings. The van der Waals surface area contributed by atoms with Crippen molar-refractivity contribution in [2.45, 2.75) is 44.0 Å². The second-order valence-corrected chi connectivity index (χ2v) is 8.55. The maximum Gasteiger partial charge on any atom is 0.227 e. The molecule has 0 aromatic heterocycles. The molecule has 0 spiro atoms. The Hall–Kier alpha value is -2.67. The third-order valence-electron chi connectivity index (χ3n) is 5.12. The van der Waals surface area contributed by atoms with Crippen molar-refractivity contribution in [2.75, 3.05) is 30.9 Å². The first-order valence-electron chi connectivity index (χ1n) is 10.7. The van der Waals surface area contributed by atoms with Crippen LogP contribution in [0.25, 0.3) is 0 Å². The Bertz CT molecular complexity index is 918. The zero-order chi connectivity index (χ0) is 22.2. The molecule has 1 N–H and O–H groups in total. The number of amides is 2. The Labute approximate surface area is 188 Å². The molecule has 0 bridgehead atoms. The molecule has 166 valence electrons. The molecule has 0 saturated heterocycles. The van der Waals surface area contributed by atoms with Crippen molar-refractivity contribution in [1.29, 1.82) is 0 Å². The third kappa shape index (κ3) is 5.94. The van der Waals surface area contributed by atoms with Crippen molar-refractivity contribution in [3.05, 3.63) is 48.0 Å². The van der Waals surface area contributed by atoms with E-state index in [1.165, 1.54) is 0 Å². The summed E-state index contributed by atoms with van der Waals surface area (Å²) >= 11 is 1.76. The van der Waals surface area contributed by atoms with Crippen LogP contribution >= 0.6 is 11.8 Å². The van der Waals surface area contributed by atoms with Gasteiger partial charge in [-0.1, -0.05) is 25.1 Å². The van der Waals surface area contributed by atoms with E-state index in [0.29, 0.717) is 24.7 Å². The van der Waals surface area contributed by atoms with Crippen LogP contribution in [-0.2, 0) is 9.59 Å². The fourth-order valence-electron chi connectivity index (χ4n) is 3.47. The summed E-state index contributed by atoms with van der Waals surface area (Å²) in [6.07, 6.45) is 1.26. The molecule has 1 heterocycles. The van der Waals surface area contributed by atoms with Crippen LogP contribution in [0.15, 0.2) is 47.4 Å². The summed E-state index contributed by atoms with van der Waals surface area (Å²) in [5.74, 6) is 2.03. The number of hydrogen-bond donors (Lipinski definition) is 1. The van der Waals surface area contributed by atoms with Gasteiger partial charge in [0.15, 0.2) is 11.5 Å². The minimum absolute atomic E-state index is 0.0188. The fraction of sp³-hybridized carbons (Fsp3) is 0.417. The van der Waals surface area contributed by atoms with Crippen LogP contribution in [0, 0.1) is 0 Å². The van der Waals surface area contributed by atoms with Gasteiger partial charge in [-0.15, -0.1) is 11.8 Å². The molecule has 0 saturated carbocycles. The van der Waals surface area contributed by atoms with E-state index < -0.39 is 0 Å². The Morgan fingerprint density at radius 1 is 1.16 bits per heavy atom. The molecule has 0 radical (unpaired) electrons. The number of benzene rings is 2. The normalized spacial score (nSPS) is 13.8. The number of carbonyl (C=O) groups excluding carboxylic acids is 2. The number of anilines is 1. The standard InChI is InChI=1S/C24H30N2O4S/c1-4-14-30-20-10-9-18(16-21(20)29-3)17(2)25-23(27)11-12-24(28)26-13-15-31-22-8-6-5-7-19(22)26/h5-10,16-17H,4,11-15H2,1-3H3,(H,25,27). The number of methoxy groups -OCH3 is 1. The summed E-state index contributed by atoms with van der Waals surface area (Å²) in [7, 11) is 1.60. The number of thioether (sulfide) groups is 1. The van der Waals surface area contributed by atoms with Crippen LogP contribution in [0.1, 0.15) is 44.7 Å². The molecular weight excluding hydrogens is 412 g/mol. The van der Waals surface area contributed by atoms with E-state index in [1.807, 2.05) is 56.3 Å². The van der Waals surface area contributed by atoms with Crippen molar-refractivity contribution in [3.63, 3.8) is 0 Å². The van der Waals surface area contributed by atoms with Crippen molar-refractivity contribution in [2.24, 2.45) is 0 Å². The van der Waals surface area contributed by atoms with Gasteiger partial charge in [-0.05, 0) is 43.2 Å². The minimum Gasteiger partial charge on any atom is -0.493 e. The molecule has 7 heteroatoms. The monoisotopic (exact) mass is 442 g/mol. The number of fused-ring (bicyclic) bond motifs is 1. The number of rotatable bonds is 9. The lowest BCUT2D eigenvalue weighted by Gasteiger charge is -2.29. The molecule has 1 aliphatic heterocycles. The van der Waals surface area contributed by atoms with Crippen LogP contribution in [0.3, 0.4) is 0 Å². The Morgan fingerprint density at radius 3 is 2.74 bits per heavy atom. The van der Waals surface area contributed by atoms with E-state index >= 15 is 0 Å². The number of carbonyl (C=O) groups is 2. The van der Waals surface area contributed by atoms with Crippen LogP contribution < -0.4 is 19.7 Å². The molecule has 3 rings (SSSR count). The number of nitrogens with one attached hydrogen (secondary N) is 1. The van der Waals surface area contributed by atoms with Crippen molar-refractivity contribution < 1.29 is 19.1 Å². The van der Waals surface area contributed by atoms with E-state index in [2.05, 4.69) is 5.32 Å². The second-order valence-electron chi connectivity index (χ2n) is 7.41. The van der Waals surface area contributed by atoms with E-state index in [-0.39, 0.29) is 30.7 Å². The lowest BCUT2D eigenvalue weighted by atomic mass is 10.1. The molecule has 1 atom stereocenters. The maximum atomic E-state index is 12.7. The Balaban J connectivity index is 1.54. The van der Waals surface area contributed by atoms with Gasteiger partial charge in [-0.3, -0.25) is 9.59 Å². The largest absolute Gasteiger partial charge is 0.493 e. The molecule has 0 aliphatic carbocycles. The van der Waals surface area contributed by atoms with E-state index in [0.717, 1.165) is 28.3 Å².